The smallest absolute Gasteiger partial charge is 0.265 e. The van der Waals surface area contributed by atoms with Crippen molar-refractivity contribution in [3.8, 4) is 5.75 Å². The van der Waals surface area contributed by atoms with Gasteiger partial charge >= 0.3 is 0 Å². The molecule has 1 aliphatic heterocycles. The molecule has 1 N–H and O–H groups in total. The zero-order valence-corrected chi connectivity index (χ0v) is 18.8. The molecule has 166 valence electrons. The molecule has 1 aliphatic carbocycles. The fourth-order valence-electron chi connectivity index (χ4n) is 4.28. The van der Waals surface area contributed by atoms with Crippen LogP contribution < -0.4 is 10.1 Å². The topological polar surface area (TPSA) is 75.7 Å². The number of carbonyl (C=O) groups is 1. The number of nitrogens with zero attached hydrogens (tertiary/aromatic N) is 1. The van der Waals surface area contributed by atoms with E-state index in [1.165, 1.54) is 28.3 Å². The Morgan fingerprint density at radius 3 is 2.35 bits per heavy atom. The molecule has 1 amide bonds. The van der Waals surface area contributed by atoms with Crippen LogP contribution in [0.3, 0.4) is 0 Å². The molecule has 2 aromatic carbocycles. The number of fused-ring (bicyclic) bond motifs is 1. The number of hydrogen-bond donors (Lipinski definition) is 1. The van der Waals surface area contributed by atoms with E-state index in [1.807, 2.05) is 13.0 Å². The summed E-state index contributed by atoms with van der Waals surface area (Å²) < 4.78 is 32.8. The Morgan fingerprint density at radius 1 is 1.00 bits per heavy atom. The van der Waals surface area contributed by atoms with Crippen molar-refractivity contribution in [2.75, 3.05) is 18.4 Å². The first-order valence-corrected chi connectivity index (χ1v) is 12.6. The van der Waals surface area contributed by atoms with Crippen LogP contribution in [0.25, 0.3) is 0 Å². The van der Waals surface area contributed by atoms with Gasteiger partial charge in [0.25, 0.3) is 5.91 Å². The minimum absolute atomic E-state index is 0.240. The molecule has 31 heavy (non-hydrogen) atoms. The van der Waals surface area contributed by atoms with Gasteiger partial charge in [0.05, 0.1) is 4.90 Å². The van der Waals surface area contributed by atoms with E-state index < -0.39 is 16.1 Å². The lowest BCUT2D eigenvalue weighted by molar-refractivity contribution is -0.122. The summed E-state index contributed by atoms with van der Waals surface area (Å²) in [7, 11) is -3.46. The summed E-state index contributed by atoms with van der Waals surface area (Å²) in [6, 6.07) is 12.5. The number of nitrogens with one attached hydrogen (secondary N) is 1. The van der Waals surface area contributed by atoms with E-state index in [1.54, 1.807) is 24.3 Å². The molecular formula is C24H30N2O4S. The summed E-state index contributed by atoms with van der Waals surface area (Å²) in [6.07, 6.45) is 6.30. The number of amides is 1. The number of benzene rings is 2. The summed E-state index contributed by atoms with van der Waals surface area (Å²) in [4.78, 5) is 13.0. The largest absolute Gasteiger partial charge is 0.481 e. The van der Waals surface area contributed by atoms with Crippen molar-refractivity contribution in [2.45, 2.75) is 62.9 Å². The van der Waals surface area contributed by atoms with Gasteiger partial charge in [-0.05, 0) is 92.5 Å². The molecule has 6 nitrogen and oxygen atoms in total. The van der Waals surface area contributed by atoms with E-state index in [0.717, 1.165) is 31.4 Å². The Labute approximate surface area is 184 Å². The van der Waals surface area contributed by atoms with Crippen molar-refractivity contribution >= 4 is 21.6 Å². The fourth-order valence-corrected chi connectivity index (χ4v) is 5.80. The maximum Gasteiger partial charge on any atom is 0.265 e. The van der Waals surface area contributed by atoms with Gasteiger partial charge < -0.3 is 10.1 Å². The van der Waals surface area contributed by atoms with Gasteiger partial charge in [0.1, 0.15) is 5.75 Å². The molecule has 1 atom stereocenters. The zero-order valence-electron chi connectivity index (χ0n) is 18.0. The van der Waals surface area contributed by atoms with E-state index in [9.17, 15) is 13.2 Å². The fraction of sp³-hybridized carbons (Fsp3) is 0.458. The van der Waals surface area contributed by atoms with Gasteiger partial charge in [-0.3, -0.25) is 4.79 Å². The minimum atomic E-state index is -3.46. The third-order valence-corrected chi connectivity index (χ3v) is 8.00. The predicted octanol–water partition coefficient (Wildman–Crippen LogP) is 4.15. The lowest BCUT2D eigenvalue weighted by Crippen LogP contribution is -2.32. The van der Waals surface area contributed by atoms with E-state index in [0.29, 0.717) is 25.2 Å². The first kappa shape index (κ1) is 21.8. The van der Waals surface area contributed by atoms with E-state index in [-0.39, 0.29) is 10.8 Å². The number of sulfonamides is 1. The van der Waals surface area contributed by atoms with Crippen LogP contribution in [-0.2, 0) is 27.7 Å². The first-order valence-electron chi connectivity index (χ1n) is 11.2. The van der Waals surface area contributed by atoms with E-state index in [4.69, 9.17) is 4.74 Å². The van der Waals surface area contributed by atoms with Crippen molar-refractivity contribution < 1.29 is 17.9 Å². The van der Waals surface area contributed by atoms with Gasteiger partial charge in [-0.1, -0.05) is 13.0 Å². The second-order valence-electron chi connectivity index (χ2n) is 8.28. The average Bonchev–Trinajstić information content (AvgIpc) is 3.33. The standard InChI is InChI=1S/C24H30N2O4S/c1-2-23(30-21-12-9-18-7-3-4-8-19(18)17-21)24(27)25-20-10-13-22(14-11-20)31(28,29)26-15-5-6-16-26/h9-14,17,23H,2-8,15-16H2,1H3,(H,25,27). The van der Waals surface area contributed by atoms with Crippen LogP contribution in [0, 0.1) is 0 Å². The molecule has 0 radical (unpaired) electrons. The van der Waals surface area contributed by atoms with Gasteiger partial charge in [0.2, 0.25) is 10.0 Å². The molecule has 0 spiro atoms. The molecule has 2 aliphatic rings. The van der Waals surface area contributed by atoms with Crippen LogP contribution in [-0.4, -0.2) is 37.8 Å². The number of hydrogen-bond acceptors (Lipinski definition) is 4. The number of ether oxygens (including phenoxy) is 1. The highest BCUT2D eigenvalue weighted by atomic mass is 32.2. The molecule has 0 aromatic heterocycles. The Hall–Kier alpha value is -2.38. The Bertz CT molecular complexity index is 1030. The molecule has 7 heteroatoms. The normalized spacial score (nSPS) is 17.7. The first-order chi connectivity index (χ1) is 15.0. The minimum Gasteiger partial charge on any atom is -0.481 e. The van der Waals surface area contributed by atoms with Gasteiger partial charge in [0, 0.05) is 18.8 Å². The lowest BCUT2D eigenvalue weighted by Gasteiger charge is -2.20. The van der Waals surface area contributed by atoms with Crippen LogP contribution in [0.1, 0.15) is 50.2 Å². The zero-order chi connectivity index (χ0) is 21.8. The molecule has 1 unspecified atom stereocenters. The SMILES string of the molecule is CCC(Oc1ccc2c(c1)CCCC2)C(=O)Nc1ccc(S(=O)(=O)N2CCCC2)cc1. The Morgan fingerprint density at radius 2 is 1.68 bits per heavy atom. The number of aryl methyl sites for hydroxylation is 2. The molecule has 0 saturated carbocycles. The maximum absolute atomic E-state index is 12.8. The van der Waals surface area contributed by atoms with Crippen LogP contribution in [0.2, 0.25) is 0 Å². The number of rotatable bonds is 7. The number of anilines is 1. The molecule has 1 saturated heterocycles. The summed E-state index contributed by atoms with van der Waals surface area (Å²) in [5, 5.41) is 2.85. The highest BCUT2D eigenvalue weighted by Crippen LogP contribution is 2.27. The van der Waals surface area contributed by atoms with Gasteiger partial charge in [-0.25, -0.2) is 8.42 Å². The second-order valence-corrected chi connectivity index (χ2v) is 10.2. The van der Waals surface area contributed by atoms with Crippen molar-refractivity contribution in [1.29, 1.82) is 0 Å². The molecular weight excluding hydrogens is 412 g/mol. The van der Waals surface area contributed by atoms with Gasteiger partial charge in [0.15, 0.2) is 6.10 Å². The van der Waals surface area contributed by atoms with Gasteiger partial charge in [-0.15, -0.1) is 0 Å². The summed E-state index contributed by atoms with van der Waals surface area (Å²) in [5.41, 5.74) is 3.24. The predicted molar refractivity (Wildman–Crippen MR) is 121 cm³/mol. The molecule has 2 aromatic rings. The monoisotopic (exact) mass is 442 g/mol. The highest BCUT2D eigenvalue weighted by molar-refractivity contribution is 7.89. The van der Waals surface area contributed by atoms with Gasteiger partial charge in [-0.2, -0.15) is 4.31 Å². The molecule has 0 bridgehead atoms. The number of carbonyl (C=O) groups excluding carboxylic acids is 1. The maximum atomic E-state index is 12.8. The summed E-state index contributed by atoms with van der Waals surface area (Å²) >= 11 is 0. The Balaban J connectivity index is 1.40. The second kappa shape index (κ2) is 9.40. The molecule has 1 heterocycles. The van der Waals surface area contributed by atoms with Crippen molar-refractivity contribution in [2.24, 2.45) is 0 Å². The molecule has 1 fully saturated rings. The third kappa shape index (κ3) is 4.93. The van der Waals surface area contributed by atoms with E-state index in [2.05, 4.69) is 17.4 Å². The van der Waals surface area contributed by atoms with Crippen LogP contribution in [0.4, 0.5) is 5.69 Å². The summed E-state index contributed by atoms with van der Waals surface area (Å²) in [5.74, 6) is 0.477. The van der Waals surface area contributed by atoms with Crippen LogP contribution >= 0.6 is 0 Å². The van der Waals surface area contributed by atoms with Crippen LogP contribution in [0.5, 0.6) is 5.75 Å². The quantitative estimate of drug-likeness (QED) is 0.699. The third-order valence-electron chi connectivity index (χ3n) is 6.09. The molecule has 4 rings (SSSR count). The van der Waals surface area contributed by atoms with Crippen molar-refractivity contribution in [3.05, 3.63) is 53.6 Å². The lowest BCUT2D eigenvalue weighted by atomic mass is 9.92. The van der Waals surface area contributed by atoms with Crippen molar-refractivity contribution in [3.63, 3.8) is 0 Å². The van der Waals surface area contributed by atoms with Crippen molar-refractivity contribution in [1.82, 2.24) is 4.31 Å². The van der Waals surface area contributed by atoms with Crippen LogP contribution in [0.15, 0.2) is 47.4 Å². The highest BCUT2D eigenvalue weighted by Gasteiger charge is 2.27. The van der Waals surface area contributed by atoms with E-state index >= 15 is 0 Å². The average molecular weight is 443 g/mol. The summed E-state index contributed by atoms with van der Waals surface area (Å²) in [6.45, 7) is 3.05. The Kier molecular flexibility index (Phi) is 6.62.